The molecule has 2 aliphatic heterocycles. The number of ether oxygens (including phenoxy) is 1. The predicted octanol–water partition coefficient (Wildman–Crippen LogP) is 2.57. The molecule has 2 amide bonds. The van der Waals surface area contributed by atoms with E-state index in [9.17, 15) is 9.59 Å². The average Bonchev–Trinajstić information content (AvgIpc) is 3.41. The number of hydrogen-bond acceptors (Lipinski definition) is 5. The Morgan fingerprint density at radius 1 is 1.33 bits per heavy atom. The van der Waals surface area contributed by atoms with Crippen LogP contribution in [0, 0.1) is 5.92 Å². The minimum atomic E-state index is -0.552. The zero-order valence-corrected chi connectivity index (χ0v) is 15.6. The number of rotatable bonds is 5. The minimum absolute atomic E-state index is 0.205. The van der Waals surface area contributed by atoms with Crippen molar-refractivity contribution in [3.05, 3.63) is 24.3 Å². The molecule has 7 heteroatoms. The Morgan fingerprint density at radius 2 is 2.11 bits per heavy atom. The molecule has 1 aromatic carbocycles. The van der Waals surface area contributed by atoms with Gasteiger partial charge in [0.1, 0.15) is 11.5 Å². The number of methoxy groups -OCH3 is 1. The van der Waals surface area contributed by atoms with Crippen LogP contribution >= 0.6 is 0 Å². The Balaban J connectivity index is 1.34. The minimum Gasteiger partial charge on any atom is -0.497 e. The van der Waals surface area contributed by atoms with Crippen molar-refractivity contribution in [3.8, 4) is 5.75 Å². The van der Waals surface area contributed by atoms with E-state index in [0.29, 0.717) is 36.7 Å². The summed E-state index contributed by atoms with van der Waals surface area (Å²) in [5.74, 6) is 1.24. The Kier molecular flexibility index (Phi) is 4.76. The molecule has 1 saturated carbocycles. The maximum absolute atomic E-state index is 12.5. The Hall–Kier alpha value is -2.57. The van der Waals surface area contributed by atoms with Crippen LogP contribution in [-0.2, 0) is 14.4 Å². The second kappa shape index (κ2) is 7.21. The first kappa shape index (κ1) is 17.8. The van der Waals surface area contributed by atoms with Crippen LogP contribution < -0.4 is 10.1 Å². The summed E-state index contributed by atoms with van der Waals surface area (Å²) in [6.45, 7) is 1.28. The summed E-state index contributed by atoms with van der Waals surface area (Å²) in [6.07, 6.45) is 5.09. The molecule has 0 aromatic heterocycles. The number of nitrogens with one attached hydrogen (secondary N) is 1. The fraction of sp³-hybridized carbons (Fsp3) is 0.550. The number of carbonyl (C=O) groups is 2. The lowest BCUT2D eigenvalue weighted by atomic mass is 9.87. The molecule has 2 heterocycles. The predicted molar refractivity (Wildman–Crippen MR) is 101 cm³/mol. The third kappa shape index (κ3) is 4.07. The van der Waals surface area contributed by atoms with E-state index in [-0.39, 0.29) is 11.8 Å². The summed E-state index contributed by atoms with van der Waals surface area (Å²) in [5, 5.41) is 6.89. The van der Waals surface area contributed by atoms with Gasteiger partial charge in [0, 0.05) is 25.1 Å². The van der Waals surface area contributed by atoms with Gasteiger partial charge in [-0.2, -0.15) is 0 Å². The van der Waals surface area contributed by atoms with Crippen LogP contribution in [0.25, 0.3) is 0 Å². The van der Waals surface area contributed by atoms with Crippen LogP contribution in [0.2, 0.25) is 0 Å². The van der Waals surface area contributed by atoms with E-state index in [1.165, 1.54) is 12.8 Å². The second-order valence-electron chi connectivity index (χ2n) is 7.74. The molecule has 144 valence electrons. The fourth-order valence-electron chi connectivity index (χ4n) is 3.75. The third-order valence-electron chi connectivity index (χ3n) is 5.50. The van der Waals surface area contributed by atoms with Gasteiger partial charge in [-0.1, -0.05) is 5.16 Å². The molecule has 1 aliphatic carbocycles. The van der Waals surface area contributed by atoms with E-state index >= 15 is 0 Å². The van der Waals surface area contributed by atoms with Crippen molar-refractivity contribution in [2.24, 2.45) is 11.1 Å². The number of amides is 2. The Labute approximate surface area is 158 Å². The average molecular weight is 371 g/mol. The zero-order valence-electron chi connectivity index (χ0n) is 15.6. The standard InChI is InChI=1S/C20H25N3O4/c1-26-16-7-5-15(6-8-16)21-19(25)17-12-20(27-22-17)9-2-10-23(13-20)18(24)11-14-3-4-14/h5-8,14H,2-4,9-13H2,1H3,(H,21,25). The lowest BCUT2D eigenvalue weighted by molar-refractivity contribution is -0.141. The van der Waals surface area contributed by atoms with Gasteiger partial charge in [0.25, 0.3) is 5.91 Å². The molecule has 7 nitrogen and oxygen atoms in total. The van der Waals surface area contributed by atoms with E-state index in [0.717, 1.165) is 25.1 Å². The van der Waals surface area contributed by atoms with E-state index in [2.05, 4.69) is 10.5 Å². The lowest BCUT2D eigenvalue weighted by Crippen LogP contribution is -2.50. The molecule has 1 spiro atoms. The topological polar surface area (TPSA) is 80.2 Å². The number of carbonyl (C=O) groups excluding carboxylic acids is 2. The molecule has 2 fully saturated rings. The largest absolute Gasteiger partial charge is 0.497 e. The smallest absolute Gasteiger partial charge is 0.273 e. The highest BCUT2D eigenvalue weighted by molar-refractivity contribution is 6.43. The number of piperidine rings is 1. The number of hydrogen-bond donors (Lipinski definition) is 1. The first-order chi connectivity index (χ1) is 13.1. The van der Waals surface area contributed by atoms with Crippen molar-refractivity contribution in [2.45, 2.75) is 44.1 Å². The van der Waals surface area contributed by atoms with E-state index in [4.69, 9.17) is 9.57 Å². The molecule has 1 saturated heterocycles. The molecule has 1 atom stereocenters. The van der Waals surface area contributed by atoms with E-state index in [1.54, 1.807) is 31.4 Å². The molecule has 0 radical (unpaired) electrons. The number of nitrogens with zero attached hydrogens (tertiary/aromatic N) is 2. The van der Waals surface area contributed by atoms with Crippen molar-refractivity contribution >= 4 is 23.2 Å². The summed E-state index contributed by atoms with van der Waals surface area (Å²) >= 11 is 0. The Bertz CT molecular complexity index is 757. The summed E-state index contributed by atoms with van der Waals surface area (Å²) in [6, 6.07) is 7.13. The van der Waals surface area contributed by atoms with Gasteiger partial charge in [0.15, 0.2) is 5.60 Å². The lowest BCUT2D eigenvalue weighted by Gasteiger charge is -2.38. The molecular weight excluding hydrogens is 346 g/mol. The van der Waals surface area contributed by atoms with Crippen molar-refractivity contribution in [1.29, 1.82) is 0 Å². The van der Waals surface area contributed by atoms with E-state index < -0.39 is 5.60 Å². The fourth-order valence-corrected chi connectivity index (χ4v) is 3.75. The van der Waals surface area contributed by atoms with Crippen molar-refractivity contribution < 1.29 is 19.2 Å². The number of likely N-dealkylation sites (tertiary alicyclic amines) is 1. The second-order valence-corrected chi connectivity index (χ2v) is 7.74. The zero-order chi connectivity index (χ0) is 18.9. The molecule has 3 aliphatic rings. The number of anilines is 1. The van der Waals surface area contributed by atoms with Gasteiger partial charge < -0.3 is 19.8 Å². The maximum atomic E-state index is 12.5. The molecule has 1 aromatic rings. The monoisotopic (exact) mass is 371 g/mol. The summed E-state index contributed by atoms with van der Waals surface area (Å²) in [5.41, 5.74) is 0.501. The highest BCUT2D eigenvalue weighted by Gasteiger charge is 2.45. The summed E-state index contributed by atoms with van der Waals surface area (Å²) in [4.78, 5) is 32.6. The van der Waals surface area contributed by atoms with Crippen molar-refractivity contribution in [3.63, 3.8) is 0 Å². The third-order valence-corrected chi connectivity index (χ3v) is 5.50. The van der Waals surface area contributed by atoms with Crippen LogP contribution in [0.5, 0.6) is 5.75 Å². The first-order valence-corrected chi connectivity index (χ1v) is 9.55. The normalized spacial score (nSPS) is 24.3. The van der Waals surface area contributed by atoms with Crippen LogP contribution in [-0.4, -0.2) is 48.2 Å². The van der Waals surface area contributed by atoms with Crippen molar-refractivity contribution in [2.75, 3.05) is 25.5 Å². The highest BCUT2D eigenvalue weighted by Crippen LogP contribution is 2.36. The molecule has 1 N–H and O–H groups in total. The van der Waals surface area contributed by atoms with Gasteiger partial charge in [-0.05, 0) is 55.9 Å². The van der Waals surface area contributed by atoms with Gasteiger partial charge >= 0.3 is 0 Å². The van der Waals surface area contributed by atoms with Gasteiger partial charge in [0.05, 0.1) is 13.7 Å². The summed E-state index contributed by atoms with van der Waals surface area (Å²) in [7, 11) is 1.60. The van der Waals surface area contributed by atoms with Crippen LogP contribution in [0.1, 0.15) is 38.5 Å². The van der Waals surface area contributed by atoms with E-state index in [1.807, 2.05) is 4.90 Å². The quantitative estimate of drug-likeness (QED) is 0.863. The summed E-state index contributed by atoms with van der Waals surface area (Å²) < 4.78 is 5.12. The molecule has 1 unspecified atom stereocenters. The SMILES string of the molecule is COc1ccc(NC(=O)C2=NOC3(CCCN(C(=O)CC4CC4)C3)C2)cc1. The van der Waals surface area contributed by atoms with Gasteiger partial charge in [-0.25, -0.2) is 0 Å². The van der Waals surface area contributed by atoms with Gasteiger partial charge in [0.2, 0.25) is 5.91 Å². The van der Waals surface area contributed by atoms with Crippen LogP contribution in [0.4, 0.5) is 5.69 Å². The van der Waals surface area contributed by atoms with Gasteiger partial charge in [-0.15, -0.1) is 0 Å². The van der Waals surface area contributed by atoms with Crippen molar-refractivity contribution in [1.82, 2.24) is 4.90 Å². The number of oxime groups is 1. The number of benzene rings is 1. The first-order valence-electron chi connectivity index (χ1n) is 9.55. The molecule has 27 heavy (non-hydrogen) atoms. The van der Waals surface area contributed by atoms with Crippen LogP contribution in [0.15, 0.2) is 29.4 Å². The molecular formula is C20H25N3O4. The Morgan fingerprint density at radius 3 is 2.81 bits per heavy atom. The highest BCUT2D eigenvalue weighted by atomic mass is 16.7. The molecule has 0 bridgehead atoms. The molecule has 4 rings (SSSR count). The maximum Gasteiger partial charge on any atom is 0.273 e. The van der Waals surface area contributed by atoms with Gasteiger partial charge in [-0.3, -0.25) is 9.59 Å². The van der Waals surface area contributed by atoms with Crippen LogP contribution in [0.3, 0.4) is 0 Å².